The number of aliphatic hydroxyl groups is 2. The second-order valence-electron chi connectivity index (χ2n) is 9.08. The van der Waals surface area contributed by atoms with Gasteiger partial charge in [0.25, 0.3) is 0 Å². The molecule has 1 saturated carbocycles. The van der Waals surface area contributed by atoms with Crippen molar-refractivity contribution in [1.82, 2.24) is 19.5 Å². The van der Waals surface area contributed by atoms with Gasteiger partial charge in [0.2, 0.25) is 5.91 Å². The van der Waals surface area contributed by atoms with Gasteiger partial charge in [-0.15, -0.1) is 0 Å². The van der Waals surface area contributed by atoms with Crippen molar-refractivity contribution < 1.29 is 15.0 Å². The van der Waals surface area contributed by atoms with Gasteiger partial charge in [-0.2, -0.15) is 0 Å². The molecule has 0 radical (unpaired) electrons. The van der Waals surface area contributed by atoms with E-state index >= 15 is 0 Å². The van der Waals surface area contributed by atoms with E-state index in [1.807, 2.05) is 28.8 Å². The number of aliphatic hydroxyl groups excluding tert-OH is 2. The van der Waals surface area contributed by atoms with Crippen molar-refractivity contribution in [2.45, 2.75) is 31.1 Å². The van der Waals surface area contributed by atoms with Crippen molar-refractivity contribution >= 4 is 66.9 Å². The Morgan fingerprint density at radius 3 is 2.85 bits per heavy atom. The standard InChI is InChI=1S/C23H20BrClN6O3/c24-14-5-11-1-2-12(6-15(11)29-20(14)25)31-9-23(8-17(31)32)7-16(18(33)19(23)34)30-4-3-13-21(26)27-10-28-22(13)30/h1-6,10,16,18-19,33-34H,7-9H2,(H2,26,27,28). The molecule has 4 N–H and O–H groups in total. The molecule has 2 fully saturated rings. The molecule has 1 spiro atoms. The van der Waals surface area contributed by atoms with Crippen LogP contribution in [0.3, 0.4) is 0 Å². The van der Waals surface area contributed by atoms with Crippen LogP contribution in [-0.2, 0) is 4.79 Å². The topological polar surface area (TPSA) is 130 Å². The highest BCUT2D eigenvalue weighted by Crippen LogP contribution is 2.52. The van der Waals surface area contributed by atoms with Crippen LogP contribution in [0.4, 0.5) is 11.5 Å². The van der Waals surface area contributed by atoms with Gasteiger partial charge in [0, 0.05) is 35.7 Å². The molecule has 4 atom stereocenters. The molecule has 4 unspecified atom stereocenters. The molecule has 34 heavy (non-hydrogen) atoms. The summed E-state index contributed by atoms with van der Waals surface area (Å²) in [5, 5.41) is 24.1. The summed E-state index contributed by atoms with van der Waals surface area (Å²) in [6.45, 7) is 0.284. The number of aromatic nitrogens is 4. The molecule has 1 saturated heterocycles. The Labute approximate surface area is 207 Å². The highest BCUT2D eigenvalue weighted by Gasteiger charge is 2.58. The number of hydrogen-bond donors (Lipinski definition) is 3. The van der Waals surface area contributed by atoms with Crippen molar-refractivity contribution in [2.24, 2.45) is 5.41 Å². The SMILES string of the molecule is Nc1ncnc2c1ccn2C1CC2(CC(=O)N(c3ccc4cc(Br)c(Cl)nc4c3)C2)C(O)C1O. The Hall–Kier alpha value is -2.79. The maximum Gasteiger partial charge on any atom is 0.227 e. The summed E-state index contributed by atoms with van der Waals surface area (Å²) < 4.78 is 2.52. The van der Waals surface area contributed by atoms with Crippen LogP contribution in [0.25, 0.3) is 21.9 Å². The highest BCUT2D eigenvalue weighted by atomic mass is 79.9. The van der Waals surface area contributed by atoms with Gasteiger partial charge in [-0.25, -0.2) is 15.0 Å². The van der Waals surface area contributed by atoms with E-state index in [1.165, 1.54) is 6.33 Å². The van der Waals surface area contributed by atoms with E-state index in [1.54, 1.807) is 17.2 Å². The zero-order valence-corrected chi connectivity index (χ0v) is 20.1. The summed E-state index contributed by atoms with van der Waals surface area (Å²) in [7, 11) is 0. The van der Waals surface area contributed by atoms with Crippen LogP contribution in [0, 0.1) is 5.41 Å². The molecule has 1 amide bonds. The summed E-state index contributed by atoms with van der Waals surface area (Å²) in [5.74, 6) is 0.240. The number of nitrogens with two attached hydrogens (primary N) is 1. The molecule has 1 aliphatic carbocycles. The summed E-state index contributed by atoms with van der Waals surface area (Å²) in [6.07, 6.45) is 1.57. The van der Waals surface area contributed by atoms with Gasteiger partial charge in [-0.3, -0.25) is 4.79 Å². The van der Waals surface area contributed by atoms with Gasteiger partial charge >= 0.3 is 0 Å². The fraction of sp³-hybridized carbons (Fsp3) is 0.304. The second kappa shape index (κ2) is 7.61. The monoisotopic (exact) mass is 542 g/mol. The highest BCUT2D eigenvalue weighted by molar-refractivity contribution is 9.10. The zero-order valence-electron chi connectivity index (χ0n) is 17.8. The number of rotatable bonds is 2. The summed E-state index contributed by atoms with van der Waals surface area (Å²) in [6, 6.07) is 8.78. The number of hydrogen-bond acceptors (Lipinski definition) is 7. The van der Waals surface area contributed by atoms with Gasteiger partial charge in [0.15, 0.2) is 0 Å². The van der Waals surface area contributed by atoms with E-state index in [9.17, 15) is 15.0 Å². The molecule has 4 heterocycles. The van der Waals surface area contributed by atoms with Crippen LogP contribution in [0.1, 0.15) is 18.9 Å². The van der Waals surface area contributed by atoms with E-state index in [0.717, 1.165) is 5.39 Å². The van der Waals surface area contributed by atoms with E-state index in [0.29, 0.717) is 44.1 Å². The number of fused-ring (bicyclic) bond motifs is 2. The Kier molecular flexibility index (Phi) is 4.86. The number of benzene rings is 1. The predicted octanol–water partition coefficient (Wildman–Crippen LogP) is 3.07. The second-order valence-corrected chi connectivity index (χ2v) is 10.3. The van der Waals surface area contributed by atoms with Crippen molar-refractivity contribution in [3.63, 3.8) is 0 Å². The van der Waals surface area contributed by atoms with E-state index in [2.05, 4.69) is 30.9 Å². The fourth-order valence-corrected chi connectivity index (χ4v) is 5.93. The largest absolute Gasteiger partial charge is 0.390 e. The number of nitrogen functional groups attached to an aromatic ring is 1. The maximum atomic E-state index is 13.1. The van der Waals surface area contributed by atoms with Gasteiger partial charge in [-0.1, -0.05) is 17.7 Å². The average Bonchev–Trinajstić information content (AvgIpc) is 3.45. The molecule has 0 bridgehead atoms. The van der Waals surface area contributed by atoms with Gasteiger partial charge in [0.1, 0.15) is 29.0 Å². The fourth-order valence-electron chi connectivity index (χ4n) is 5.45. The van der Waals surface area contributed by atoms with Gasteiger partial charge in [0.05, 0.1) is 27.5 Å². The van der Waals surface area contributed by atoms with Gasteiger partial charge in [-0.05, 0) is 46.6 Å². The molecule has 1 aliphatic heterocycles. The first-order chi connectivity index (χ1) is 16.3. The van der Waals surface area contributed by atoms with Crippen molar-refractivity contribution in [1.29, 1.82) is 0 Å². The number of carbonyl (C=O) groups is 1. The number of amides is 1. The van der Waals surface area contributed by atoms with Crippen molar-refractivity contribution in [3.8, 4) is 0 Å². The van der Waals surface area contributed by atoms with Crippen molar-refractivity contribution in [3.05, 3.63) is 52.5 Å². The average molecular weight is 544 g/mol. The molecular weight excluding hydrogens is 524 g/mol. The lowest BCUT2D eigenvalue weighted by atomic mass is 9.82. The number of halogens is 2. The van der Waals surface area contributed by atoms with Gasteiger partial charge < -0.3 is 25.4 Å². The van der Waals surface area contributed by atoms with E-state index in [-0.39, 0.29) is 18.9 Å². The third-order valence-corrected chi connectivity index (χ3v) is 8.28. The maximum absolute atomic E-state index is 13.1. The first-order valence-electron chi connectivity index (χ1n) is 10.8. The molecule has 11 heteroatoms. The lowest BCUT2D eigenvalue weighted by Crippen LogP contribution is -2.38. The molecule has 4 aromatic rings. The minimum absolute atomic E-state index is 0.113. The molecular formula is C23H20BrClN6O3. The third-order valence-electron chi connectivity index (χ3n) is 7.16. The Morgan fingerprint density at radius 1 is 1.21 bits per heavy atom. The summed E-state index contributed by atoms with van der Waals surface area (Å²) in [4.78, 5) is 27.5. The van der Waals surface area contributed by atoms with Crippen molar-refractivity contribution in [2.75, 3.05) is 17.2 Å². The lowest BCUT2D eigenvalue weighted by molar-refractivity contribution is -0.118. The molecule has 174 valence electrons. The normalized spacial score (nSPS) is 27.0. The Bertz CT molecular complexity index is 1480. The van der Waals surface area contributed by atoms with E-state index in [4.69, 9.17) is 17.3 Å². The molecule has 2 aliphatic rings. The smallest absolute Gasteiger partial charge is 0.227 e. The van der Waals surface area contributed by atoms with Crippen LogP contribution in [0.15, 0.2) is 47.3 Å². The Balaban J connectivity index is 1.34. The van der Waals surface area contributed by atoms with Crippen LogP contribution in [0.5, 0.6) is 0 Å². The Morgan fingerprint density at radius 2 is 2.03 bits per heavy atom. The van der Waals surface area contributed by atoms with E-state index < -0.39 is 23.7 Å². The van der Waals surface area contributed by atoms with Crippen LogP contribution >= 0.6 is 27.5 Å². The first kappa shape index (κ1) is 21.7. The van der Waals surface area contributed by atoms with Crippen LogP contribution in [0.2, 0.25) is 5.15 Å². The van der Waals surface area contributed by atoms with Crippen LogP contribution in [-0.4, -0.2) is 54.4 Å². The molecule has 1 aromatic carbocycles. The quantitative estimate of drug-likeness (QED) is 0.331. The summed E-state index contributed by atoms with van der Waals surface area (Å²) >= 11 is 9.54. The minimum atomic E-state index is -1.08. The number of carbonyl (C=O) groups excluding carboxylic acids is 1. The van der Waals surface area contributed by atoms with Crippen LogP contribution < -0.4 is 10.6 Å². The number of pyridine rings is 1. The summed E-state index contributed by atoms with van der Waals surface area (Å²) in [5.41, 5.74) is 7.10. The number of nitrogens with zero attached hydrogens (tertiary/aromatic N) is 5. The molecule has 3 aromatic heterocycles. The first-order valence-corrected chi connectivity index (χ1v) is 11.9. The molecule has 9 nitrogen and oxygen atoms in total. The zero-order chi connectivity index (χ0) is 23.8. The number of anilines is 2. The lowest BCUT2D eigenvalue weighted by Gasteiger charge is -2.27. The molecule has 6 rings (SSSR count). The predicted molar refractivity (Wildman–Crippen MR) is 131 cm³/mol. The minimum Gasteiger partial charge on any atom is -0.390 e. The third kappa shape index (κ3) is 3.13.